The van der Waals surface area contributed by atoms with Crippen LogP contribution >= 0.6 is 23.1 Å². The van der Waals surface area contributed by atoms with Crippen LogP contribution in [0.15, 0.2) is 52.7 Å². The highest BCUT2D eigenvalue weighted by atomic mass is 32.2. The molecule has 1 aromatic carbocycles. The second-order valence-corrected chi connectivity index (χ2v) is 5.45. The van der Waals surface area contributed by atoms with Crippen LogP contribution in [0.2, 0.25) is 0 Å². The van der Waals surface area contributed by atoms with E-state index < -0.39 is 0 Å². The van der Waals surface area contributed by atoms with Gasteiger partial charge in [-0.15, -0.1) is 23.1 Å². The molecule has 2 amide bonds. The molecule has 0 aliphatic carbocycles. The van der Waals surface area contributed by atoms with Gasteiger partial charge in [-0.3, -0.25) is 14.9 Å². The molecule has 0 aliphatic heterocycles. The molecule has 0 atom stereocenters. The van der Waals surface area contributed by atoms with Crippen LogP contribution in [-0.4, -0.2) is 17.6 Å². The van der Waals surface area contributed by atoms with Crippen molar-refractivity contribution in [1.82, 2.24) is 5.32 Å². The highest BCUT2D eigenvalue weighted by molar-refractivity contribution is 8.00. The molecule has 1 aromatic heterocycles. The second-order valence-electron chi connectivity index (χ2n) is 3.46. The predicted molar refractivity (Wildman–Crippen MR) is 74.0 cm³/mol. The summed E-state index contributed by atoms with van der Waals surface area (Å²) in [7, 11) is 0. The van der Waals surface area contributed by atoms with Crippen molar-refractivity contribution in [3.63, 3.8) is 0 Å². The molecule has 0 radical (unpaired) electrons. The van der Waals surface area contributed by atoms with Crippen LogP contribution in [0.5, 0.6) is 0 Å². The predicted octanol–water partition coefficient (Wildman–Crippen LogP) is 2.80. The van der Waals surface area contributed by atoms with Gasteiger partial charge in [0, 0.05) is 4.90 Å². The van der Waals surface area contributed by atoms with Gasteiger partial charge in [0.05, 0.1) is 10.6 Å². The lowest BCUT2D eigenvalue weighted by molar-refractivity contribution is -0.117. The van der Waals surface area contributed by atoms with E-state index in [2.05, 4.69) is 5.32 Å². The van der Waals surface area contributed by atoms with Gasteiger partial charge in [-0.05, 0) is 23.6 Å². The van der Waals surface area contributed by atoms with Crippen LogP contribution in [0.25, 0.3) is 0 Å². The molecule has 2 aromatic rings. The number of carbonyl (C=O) groups excluding carboxylic acids is 2. The quantitative estimate of drug-likeness (QED) is 0.874. The maximum absolute atomic E-state index is 11.6. The van der Waals surface area contributed by atoms with Crippen molar-refractivity contribution in [1.29, 1.82) is 0 Å². The third-order valence-corrected chi connectivity index (χ3v) is 3.99. The number of imide groups is 1. The summed E-state index contributed by atoms with van der Waals surface area (Å²) in [5.41, 5.74) is 0. The number of benzene rings is 1. The summed E-state index contributed by atoms with van der Waals surface area (Å²) >= 11 is 2.72. The van der Waals surface area contributed by atoms with E-state index in [1.54, 1.807) is 17.5 Å². The average Bonchev–Trinajstić information content (AvgIpc) is 2.91. The van der Waals surface area contributed by atoms with Crippen LogP contribution in [0.4, 0.5) is 0 Å². The maximum Gasteiger partial charge on any atom is 0.267 e. The lowest BCUT2D eigenvalue weighted by Crippen LogP contribution is -2.31. The number of thiophene rings is 1. The number of amides is 2. The minimum absolute atomic E-state index is 0.237. The monoisotopic (exact) mass is 277 g/mol. The third kappa shape index (κ3) is 3.72. The SMILES string of the molecule is O=C(CSc1ccccc1)NC(=O)c1cccs1. The van der Waals surface area contributed by atoms with Crippen LogP contribution in [0, 0.1) is 0 Å². The average molecular weight is 277 g/mol. The Kier molecular flexibility index (Phi) is 4.55. The van der Waals surface area contributed by atoms with Crippen molar-refractivity contribution in [2.45, 2.75) is 4.90 Å². The molecule has 1 heterocycles. The highest BCUT2D eigenvalue weighted by Crippen LogP contribution is 2.16. The molecule has 1 N–H and O–H groups in total. The number of nitrogens with one attached hydrogen (secondary N) is 1. The minimum atomic E-state index is -0.330. The molecule has 3 nitrogen and oxygen atoms in total. The number of carbonyl (C=O) groups is 2. The third-order valence-electron chi connectivity index (χ3n) is 2.11. The molecule has 0 fully saturated rings. The first-order chi connectivity index (χ1) is 8.75. The lowest BCUT2D eigenvalue weighted by atomic mass is 10.4. The van der Waals surface area contributed by atoms with Gasteiger partial charge in [0.25, 0.3) is 5.91 Å². The first-order valence-corrected chi connectivity index (χ1v) is 7.18. The molecule has 0 bridgehead atoms. The van der Waals surface area contributed by atoms with Crippen molar-refractivity contribution in [3.05, 3.63) is 52.7 Å². The molecular formula is C13H11NO2S2. The summed E-state index contributed by atoms with van der Waals surface area (Å²) in [5.74, 6) is -0.368. The Morgan fingerprint density at radius 1 is 1.11 bits per heavy atom. The van der Waals surface area contributed by atoms with Gasteiger partial charge in [-0.2, -0.15) is 0 Å². The van der Waals surface area contributed by atoms with Gasteiger partial charge in [-0.25, -0.2) is 0 Å². The molecular weight excluding hydrogens is 266 g/mol. The van der Waals surface area contributed by atoms with Gasteiger partial charge in [-0.1, -0.05) is 24.3 Å². The van der Waals surface area contributed by atoms with Crippen molar-refractivity contribution in [2.24, 2.45) is 0 Å². The van der Waals surface area contributed by atoms with E-state index in [9.17, 15) is 9.59 Å². The molecule has 2 rings (SSSR count). The van der Waals surface area contributed by atoms with E-state index in [-0.39, 0.29) is 17.6 Å². The first-order valence-electron chi connectivity index (χ1n) is 5.31. The van der Waals surface area contributed by atoms with Gasteiger partial charge in [0.2, 0.25) is 5.91 Å². The van der Waals surface area contributed by atoms with Gasteiger partial charge in [0.1, 0.15) is 0 Å². The first kappa shape index (κ1) is 12.9. The molecule has 0 saturated heterocycles. The molecule has 0 aliphatic rings. The summed E-state index contributed by atoms with van der Waals surface area (Å²) in [6.45, 7) is 0. The standard InChI is InChI=1S/C13H11NO2S2/c15-12(9-18-10-5-2-1-3-6-10)14-13(16)11-7-4-8-17-11/h1-8H,9H2,(H,14,15,16). The Labute approximate surface area is 113 Å². The van der Waals surface area contributed by atoms with Crippen molar-refractivity contribution in [2.75, 3.05) is 5.75 Å². The minimum Gasteiger partial charge on any atom is -0.291 e. The fraction of sp³-hybridized carbons (Fsp3) is 0.0769. The number of rotatable bonds is 4. The Hall–Kier alpha value is -1.59. The maximum atomic E-state index is 11.6. The summed E-state index contributed by atoms with van der Waals surface area (Å²) in [5, 5.41) is 4.17. The topological polar surface area (TPSA) is 46.2 Å². The van der Waals surface area contributed by atoms with Crippen LogP contribution < -0.4 is 5.32 Å². The summed E-state index contributed by atoms with van der Waals surface area (Å²) in [6.07, 6.45) is 0. The largest absolute Gasteiger partial charge is 0.291 e. The van der Waals surface area contributed by atoms with Crippen LogP contribution in [-0.2, 0) is 4.79 Å². The van der Waals surface area contributed by atoms with Crippen molar-refractivity contribution in [3.8, 4) is 0 Å². The smallest absolute Gasteiger partial charge is 0.267 e. The Morgan fingerprint density at radius 2 is 1.89 bits per heavy atom. The van der Waals surface area contributed by atoms with Crippen molar-refractivity contribution < 1.29 is 9.59 Å². The zero-order valence-electron chi connectivity index (χ0n) is 9.46. The number of hydrogen-bond donors (Lipinski definition) is 1. The van der Waals surface area contributed by atoms with E-state index in [1.807, 2.05) is 30.3 Å². The van der Waals surface area contributed by atoms with Gasteiger partial charge >= 0.3 is 0 Å². The summed E-state index contributed by atoms with van der Waals surface area (Å²) in [6, 6.07) is 13.1. The van der Waals surface area contributed by atoms with Crippen LogP contribution in [0.3, 0.4) is 0 Å². The van der Waals surface area contributed by atoms with Crippen LogP contribution in [0.1, 0.15) is 9.67 Å². The van der Waals surface area contributed by atoms with Gasteiger partial charge in [0.15, 0.2) is 0 Å². The Balaban J connectivity index is 1.81. The molecule has 5 heteroatoms. The summed E-state index contributed by atoms with van der Waals surface area (Å²) in [4.78, 5) is 24.7. The zero-order chi connectivity index (χ0) is 12.8. The second kappa shape index (κ2) is 6.37. The normalized spacial score (nSPS) is 10.0. The highest BCUT2D eigenvalue weighted by Gasteiger charge is 2.10. The van der Waals surface area contributed by atoms with E-state index in [1.165, 1.54) is 23.1 Å². The Morgan fingerprint density at radius 3 is 2.56 bits per heavy atom. The van der Waals surface area contributed by atoms with E-state index in [0.29, 0.717) is 4.88 Å². The molecule has 18 heavy (non-hydrogen) atoms. The fourth-order valence-corrected chi connectivity index (χ4v) is 2.64. The molecule has 92 valence electrons. The van der Waals surface area contributed by atoms with Gasteiger partial charge < -0.3 is 0 Å². The lowest BCUT2D eigenvalue weighted by Gasteiger charge is -2.02. The van der Waals surface area contributed by atoms with E-state index >= 15 is 0 Å². The zero-order valence-corrected chi connectivity index (χ0v) is 11.1. The van der Waals surface area contributed by atoms with Crippen molar-refractivity contribution >= 4 is 34.9 Å². The van der Waals surface area contributed by atoms with E-state index in [0.717, 1.165) is 4.90 Å². The molecule has 0 saturated carbocycles. The fourth-order valence-electron chi connectivity index (χ4n) is 1.30. The van der Waals surface area contributed by atoms with E-state index in [4.69, 9.17) is 0 Å². The number of hydrogen-bond acceptors (Lipinski definition) is 4. The Bertz CT molecular complexity index is 523. The summed E-state index contributed by atoms with van der Waals surface area (Å²) < 4.78 is 0. The molecule has 0 unspecified atom stereocenters. The molecule has 0 spiro atoms. The number of thioether (sulfide) groups is 1.